The molecule has 3 rings (SSSR count). The van der Waals surface area contributed by atoms with Gasteiger partial charge in [0.05, 0.1) is 11.8 Å². The Labute approximate surface area is 103 Å². The van der Waals surface area contributed by atoms with Crippen LogP contribution < -0.4 is 5.73 Å². The van der Waals surface area contributed by atoms with Gasteiger partial charge in [-0.2, -0.15) is 0 Å². The predicted octanol–water partition coefficient (Wildman–Crippen LogP) is 2.30. The molecular weight excluding hydrogens is 230 g/mol. The molecule has 1 aromatic carbocycles. The van der Waals surface area contributed by atoms with Crippen LogP contribution in [-0.2, 0) is 0 Å². The molecule has 0 saturated heterocycles. The van der Waals surface area contributed by atoms with Crippen LogP contribution in [0.5, 0.6) is 0 Å². The van der Waals surface area contributed by atoms with E-state index in [1.165, 1.54) is 0 Å². The first-order chi connectivity index (χ1) is 8.81. The maximum Gasteiger partial charge on any atom is 0.166 e. The van der Waals surface area contributed by atoms with Gasteiger partial charge in [-0.15, -0.1) is 0 Å². The van der Waals surface area contributed by atoms with Crippen molar-refractivity contribution < 1.29 is 9.32 Å². The summed E-state index contributed by atoms with van der Waals surface area (Å²) in [5.41, 5.74) is 6.58. The van der Waals surface area contributed by atoms with Gasteiger partial charge in [-0.1, -0.05) is 17.3 Å². The van der Waals surface area contributed by atoms with Crippen LogP contribution >= 0.6 is 0 Å². The summed E-state index contributed by atoms with van der Waals surface area (Å²) in [4.78, 5) is 13.8. The van der Waals surface area contributed by atoms with Gasteiger partial charge >= 0.3 is 0 Å². The molecule has 0 aliphatic heterocycles. The summed E-state index contributed by atoms with van der Waals surface area (Å²) < 4.78 is 4.87. The number of nitrogens with zero attached hydrogens (tertiary/aromatic N) is 2. The van der Waals surface area contributed by atoms with E-state index >= 15 is 0 Å². The monoisotopic (exact) mass is 241 g/mol. The van der Waals surface area contributed by atoms with Gasteiger partial charge in [0, 0.05) is 11.6 Å². The summed E-state index contributed by atoms with van der Waals surface area (Å²) in [6.07, 6.45) is 3.93. The van der Waals surface area contributed by atoms with Crippen molar-refractivity contribution in [1.82, 2.24) is 10.1 Å². The molecular formula is C13H11N3O2. The Balaban J connectivity index is 0.000000134. The zero-order valence-electron chi connectivity index (χ0n) is 9.48. The first-order valence-corrected chi connectivity index (χ1v) is 5.26. The van der Waals surface area contributed by atoms with Gasteiger partial charge in [0.25, 0.3) is 0 Å². The molecule has 0 aliphatic rings. The molecule has 0 atom stereocenters. The Hall–Kier alpha value is -2.69. The van der Waals surface area contributed by atoms with Crippen LogP contribution in [0.2, 0.25) is 0 Å². The quantitative estimate of drug-likeness (QED) is 0.661. The molecule has 0 aliphatic carbocycles. The van der Waals surface area contributed by atoms with Crippen LogP contribution in [0.25, 0.3) is 11.0 Å². The number of para-hydroxylation sites is 1. The maximum atomic E-state index is 10.1. The molecule has 18 heavy (non-hydrogen) atoms. The third-order valence-electron chi connectivity index (χ3n) is 2.26. The summed E-state index contributed by atoms with van der Waals surface area (Å²) in [6, 6.07) is 11.0. The normalized spacial score (nSPS) is 9.56. The minimum Gasteiger partial charge on any atom is -0.383 e. The van der Waals surface area contributed by atoms with E-state index in [-0.39, 0.29) is 5.82 Å². The Morgan fingerprint density at radius 3 is 2.67 bits per heavy atom. The summed E-state index contributed by atoms with van der Waals surface area (Å²) in [7, 11) is 0. The summed E-state index contributed by atoms with van der Waals surface area (Å²) in [5.74, 6) is 0.285. The van der Waals surface area contributed by atoms with E-state index in [4.69, 9.17) is 10.3 Å². The van der Waals surface area contributed by atoms with Crippen molar-refractivity contribution in [2.45, 2.75) is 0 Å². The van der Waals surface area contributed by atoms with Gasteiger partial charge in [-0.25, -0.2) is 4.98 Å². The standard InChI is InChI=1S/C7H5NO.C6H6N2O/c1-2-4-7-6(3-1)5-8-9-7;7-6-5(4-9)2-1-3-8-6/h1-5H;1-4H,(H2,7,8). The Morgan fingerprint density at radius 1 is 1.17 bits per heavy atom. The SMILES string of the molecule is Nc1ncccc1C=O.c1ccc2oncc2c1. The van der Waals surface area contributed by atoms with Gasteiger partial charge in [0.2, 0.25) is 0 Å². The molecule has 5 heteroatoms. The highest BCUT2D eigenvalue weighted by Gasteiger charge is 1.93. The fourth-order valence-corrected chi connectivity index (χ4v) is 1.34. The molecule has 2 heterocycles. The summed E-state index contributed by atoms with van der Waals surface area (Å²) in [6.45, 7) is 0. The third kappa shape index (κ3) is 2.70. The molecule has 0 saturated carbocycles. The first kappa shape index (κ1) is 11.8. The van der Waals surface area contributed by atoms with E-state index in [9.17, 15) is 4.79 Å². The molecule has 3 aromatic rings. The molecule has 0 fully saturated rings. The lowest BCUT2D eigenvalue weighted by Crippen LogP contribution is -1.94. The van der Waals surface area contributed by atoms with Crippen molar-refractivity contribution in [3.05, 3.63) is 54.4 Å². The number of rotatable bonds is 1. The second kappa shape index (κ2) is 5.58. The fraction of sp³-hybridized carbons (Fsp3) is 0. The lowest BCUT2D eigenvalue weighted by molar-refractivity contribution is 0.112. The van der Waals surface area contributed by atoms with E-state index in [1.807, 2.05) is 24.3 Å². The maximum absolute atomic E-state index is 10.1. The van der Waals surface area contributed by atoms with Crippen molar-refractivity contribution in [1.29, 1.82) is 0 Å². The van der Waals surface area contributed by atoms with Crippen molar-refractivity contribution in [2.24, 2.45) is 0 Å². The molecule has 5 nitrogen and oxygen atoms in total. The third-order valence-corrected chi connectivity index (χ3v) is 2.26. The van der Waals surface area contributed by atoms with Gasteiger partial charge in [-0.3, -0.25) is 4.79 Å². The van der Waals surface area contributed by atoms with Crippen LogP contribution in [0.4, 0.5) is 5.82 Å². The number of carbonyl (C=O) groups is 1. The zero-order valence-corrected chi connectivity index (χ0v) is 9.48. The Kier molecular flexibility index (Phi) is 3.66. The van der Waals surface area contributed by atoms with Crippen LogP contribution in [0.1, 0.15) is 10.4 Å². The van der Waals surface area contributed by atoms with Gasteiger partial charge in [0.15, 0.2) is 11.9 Å². The van der Waals surface area contributed by atoms with Gasteiger partial charge in [-0.05, 0) is 24.3 Å². The molecule has 0 unspecified atom stereocenters. The lowest BCUT2D eigenvalue weighted by Gasteiger charge is -1.91. The number of carbonyl (C=O) groups excluding carboxylic acids is 1. The molecule has 90 valence electrons. The van der Waals surface area contributed by atoms with Gasteiger partial charge < -0.3 is 10.3 Å². The molecule has 0 spiro atoms. The number of nitrogens with two attached hydrogens (primary N) is 1. The second-order valence-corrected chi connectivity index (χ2v) is 3.46. The average Bonchev–Trinajstić information content (AvgIpc) is 2.88. The smallest absolute Gasteiger partial charge is 0.166 e. The number of pyridine rings is 1. The molecule has 0 amide bonds. The number of aromatic nitrogens is 2. The zero-order chi connectivity index (χ0) is 12.8. The van der Waals surface area contributed by atoms with E-state index in [1.54, 1.807) is 24.5 Å². The first-order valence-electron chi connectivity index (χ1n) is 5.26. The largest absolute Gasteiger partial charge is 0.383 e. The topological polar surface area (TPSA) is 82.0 Å². The Morgan fingerprint density at radius 2 is 2.00 bits per heavy atom. The summed E-state index contributed by atoms with van der Waals surface area (Å²) >= 11 is 0. The van der Waals surface area contributed by atoms with Crippen LogP contribution in [0.3, 0.4) is 0 Å². The predicted molar refractivity (Wildman–Crippen MR) is 68.0 cm³/mol. The highest BCUT2D eigenvalue weighted by molar-refractivity contribution is 5.81. The minimum atomic E-state index is 0.285. The minimum absolute atomic E-state index is 0.285. The fourth-order valence-electron chi connectivity index (χ4n) is 1.34. The highest BCUT2D eigenvalue weighted by Crippen LogP contribution is 2.10. The highest BCUT2D eigenvalue weighted by atomic mass is 16.5. The number of nitrogen functional groups attached to an aromatic ring is 1. The number of hydrogen-bond donors (Lipinski definition) is 1. The van der Waals surface area contributed by atoms with Crippen LogP contribution in [0, 0.1) is 0 Å². The number of hydrogen-bond acceptors (Lipinski definition) is 5. The molecule has 2 N–H and O–H groups in total. The van der Waals surface area contributed by atoms with Crippen molar-refractivity contribution in [3.8, 4) is 0 Å². The number of benzene rings is 1. The van der Waals surface area contributed by atoms with E-state index in [0.717, 1.165) is 11.0 Å². The van der Waals surface area contributed by atoms with Crippen LogP contribution in [-0.4, -0.2) is 16.4 Å². The van der Waals surface area contributed by atoms with E-state index in [0.29, 0.717) is 11.8 Å². The van der Waals surface area contributed by atoms with Crippen LogP contribution in [0.15, 0.2) is 53.3 Å². The van der Waals surface area contributed by atoms with E-state index in [2.05, 4.69) is 10.1 Å². The van der Waals surface area contributed by atoms with Crippen molar-refractivity contribution >= 4 is 23.1 Å². The lowest BCUT2D eigenvalue weighted by atomic mass is 10.3. The van der Waals surface area contributed by atoms with Crippen molar-refractivity contribution in [2.75, 3.05) is 5.73 Å². The molecule has 2 aromatic heterocycles. The molecule has 0 radical (unpaired) electrons. The van der Waals surface area contributed by atoms with Crippen molar-refractivity contribution in [3.63, 3.8) is 0 Å². The number of fused-ring (bicyclic) bond motifs is 1. The molecule has 0 bridgehead atoms. The van der Waals surface area contributed by atoms with Gasteiger partial charge in [0.1, 0.15) is 5.82 Å². The number of anilines is 1. The average molecular weight is 241 g/mol. The number of aldehydes is 1. The second-order valence-electron chi connectivity index (χ2n) is 3.46. The van der Waals surface area contributed by atoms with E-state index < -0.39 is 0 Å². The Bertz CT molecular complexity index is 619. The summed E-state index contributed by atoms with van der Waals surface area (Å²) in [5, 5.41) is 4.68.